The summed E-state index contributed by atoms with van der Waals surface area (Å²) in [4.78, 5) is 12.8. The summed E-state index contributed by atoms with van der Waals surface area (Å²) in [5.41, 5.74) is -0.0403. The van der Waals surface area contributed by atoms with E-state index in [0.717, 1.165) is 51.6 Å². The first-order chi connectivity index (χ1) is 9.10. The van der Waals surface area contributed by atoms with Gasteiger partial charge in [0.15, 0.2) is 0 Å². The molecule has 0 aromatic carbocycles. The van der Waals surface area contributed by atoms with E-state index in [1.807, 2.05) is 0 Å². The lowest BCUT2D eigenvalue weighted by Crippen LogP contribution is -2.55. The van der Waals surface area contributed by atoms with Crippen molar-refractivity contribution in [1.29, 1.82) is 0 Å². The SMILES string of the molecule is CCCC1(C(=O)NC2(C)CCCCC2)CCNCC1. The van der Waals surface area contributed by atoms with E-state index >= 15 is 0 Å². The van der Waals surface area contributed by atoms with Crippen LogP contribution in [-0.4, -0.2) is 24.5 Å². The van der Waals surface area contributed by atoms with E-state index in [0.29, 0.717) is 5.91 Å². The van der Waals surface area contributed by atoms with Gasteiger partial charge < -0.3 is 10.6 Å². The molecule has 0 atom stereocenters. The third-order valence-electron chi connectivity index (χ3n) is 5.14. The average molecular weight is 266 g/mol. The lowest BCUT2D eigenvalue weighted by Gasteiger charge is -2.41. The Morgan fingerprint density at radius 2 is 1.74 bits per heavy atom. The van der Waals surface area contributed by atoms with Gasteiger partial charge in [-0.05, 0) is 52.1 Å². The Morgan fingerprint density at radius 3 is 2.32 bits per heavy atom. The average Bonchev–Trinajstić information content (AvgIpc) is 2.40. The van der Waals surface area contributed by atoms with Crippen LogP contribution in [0.4, 0.5) is 0 Å². The molecule has 0 unspecified atom stereocenters. The van der Waals surface area contributed by atoms with Gasteiger partial charge in [-0.2, -0.15) is 0 Å². The Hall–Kier alpha value is -0.570. The predicted octanol–water partition coefficient (Wildman–Crippen LogP) is 3.00. The van der Waals surface area contributed by atoms with Crippen molar-refractivity contribution in [3.8, 4) is 0 Å². The highest BCUT2D eigenvalue weighted by Gasteiger charge is 2.41. The molecule has 1 saturated carbocycles. The Balaban J connectivity index is 2.02. The number of amides is 1. The molecule has 0 aromatic heterocycles. The van der Waals surface area contributed by atoms with Crippen LogP contribution in [0.25, 0.3) is 0 Å². The Labute approximate surface area is 117 Å². The van der Waals surface area contributed by atoms with Gasteiger partial charge in [-0.15, -0.1) is 0 Å². The van der Waals surface area contributed by atoms with E-state index in [-0.39, 0.29) is 11.0 Å². The molecule has 1 saturated heterocycles. The molecule has 2 aliphatic rings. The smallest absolute Gasteiger partial charge is 0.226 e. The molecule has 0 spiro atoms. The molecule has 1 heterocycles. The molecule has 1 aliphatic heterocycles. The Morgan fingerprint density at radius 1 is 1.11 bits per heavy atom. The molecule has 1 aliphatic carbocycles. The van der Waals surface area contributed by atoms with Crippen molar-refractivity contribution in [1.82, 2.24) is 10.6 Å². The molecule has 1 amide bonds. The van der Waals surface area contributed by atoms with Crippen molar-refractivity contribution in [2.45, 2.75) is 77.2 Å². The number of carbonyl (C=O) groups is 1. The highest BCUT2D eigenvalue weighted by atomic mass is 16.2. The minimum atomic E-state index is -0.0968. The summed E-state index contributed by atoms with van der Waals surface area (Å²) in [6.07, 6.45) is 10.3. The van der Waals surface area contributed by atoms with Gasteiger partial charge in [0, 0.05) is 5.54 Å². The number of hydrogen-bond donors (Lipinski definition) is 2. The normalized spacial score (nSPS) is 25.8. The summed E-state index contributed by atoms with van der Waals surface area (Å²) in [7, 11) is 0. The minimum absolute atomic E-state index is 0.0565. The minimum Gasteiger partial charge on any atom is -0.350 e. The van der Waals surface area contributed by atoms with Crippen LogP contribution in [0.15, 0.2) is 0 Å². The third kappa shape index (κ3) is 3.50. The number of hydrogen-bond acceptors (Lipinski definition) is 2. The molecule has 3 heteroatoms. The van der Waals surface area contributed by atoms with Crippen LogP contribution in [0.1, 0.15) is 71.6 Å². The van der Waals surface area contributed by atoms with Crippen LogP contribution in [-0.2, 0) is 4.79 Å². The van der Waals surface area contributed by atoms with Crippen LogP contribution < -0.4 is 10.6 Å². The van der Waals surface area contributed by atoms with Crippen molar-refractivity contribution >= 4 is 5.91 Å². The second-order valence-corrected chi connectivity index (χ2v) is 6.86. The van der Waals surface area contributed by atoms with E-state index in [4.69, 9.17) is 0 Å². The van der Waals surface area contributed by atoms with Crippen molar-refractivity contribution in [2.24, 2.45) is 5.41 Å². The second kappa shape index (κ2) is 6.25. The lowest BCUT2D eigenvalue weighted by atomic mass is 9.73. The fraction of sp³-hybridized carbons (Fsp3) is 0.938. The fourth-order valence-electron chi connectivity index (χ4n) is 3.84. The first-order valence-corrected chi connectivity index (χ1v) is 8.14. The van der Waals surface area contributed by atoms with E-state index in [2.05, 4.69) is 24.5 Å². The summed E-state index contributed by atoms with van der Waals surface area (Å²) in [5.74, 6) is 0.334. The monoisotopic (exact) mass is 266 g/mol. The summed E-state index contributed by atoms with van der Waals surface area (Å²) in [6, 6.07) is 0. The van der Waals surface area contributed by atoms with Gasteiger partial charge in [-0.3, -0.25) is 4.79 Å². The third-order valence-corrected chi connectivity index (χ3v) is 5.14. The molecular formula is C16H30N2O. The van der Waals surface area contributed by atoms with Gasteiger partial charge in [0.05, 0.1) is 5.41 Å². The largest absolute Gasteiger partial charge is 0.350 e. The second-order valence-electron chi connectivity index (χ2n) is 6.86. The molecule has 110 valence electrons. The molecule has 2 rings (SSSR count). The lowest BCUT2D eigenvalue weighted by molar-refractivity contribution is -0.135. The highest BCUT2D eigenvalue weighted by molar-refractivity contribution is 5.83. The van der Waals surface area contributed by atoms with Crippen molar-refractivity contribution < 1.29 is 4.79 Å². The molecule has 0 bridgehead atoms. The van der Waals surface area contributed by atoms with Crippen LogP contribution in [0.5, 0.6) is 0 Å². The van der Waals surface area contributed by atoms with Crippen molar-refractivity contribution in [3.05, 3.63) is 0 Å². The van der Waals surface area contributed by atoms with Gasteiger partial charge in [0.2, 0.25) is 5.91 Å². The molecular weight excluding hydrogens is 236 g/mol. The zero-order valence-electron chi connectivity index (χ0n) is 12.7. The fourth-order valence-corrected chi connectivity index (χ4v) is 3.84. The van der Waals surface area contributed by atoms with E-state index in [1.165, 1.54) is 19.3 Å². The molecule has 19 heavy (non-hydrogen) atoms. The van der Waals surface area contributed by atoms with Gasteiger partial charge in [-0.1, -0.05) is 32.6 Å². The van der Waals surface area contributed by atoms with Crippen LogP contribution in [0.3, 0.4) is 0 Å². The molecule has 0 radical (unpaired) electrons. The van der Waals surface area contributed by atoms with E-state index in [9.17, 15) is 4.79 Å². The molecule has 2 fully saturated rings. The summed E-state index contributed by atoms with van der Waals surface area (Å²) < 4.78 is 0. The van der Waals surface area contributed by atoms with Crippen LogP contribution in [0.2, 0.25) is 0 Å². The van der Waals surface area contributed by atoms with Crippen molar-refractivity contribution in [2.75, 3.05) is 13.1 Å². The highest BCUT2D eigenvalue weighted by Crippen LogP contribution is 2.36. The van der Waals surface area contributed by atoms with Gasteiger partial charge in [-0.25, -0.2) is 0 Å². The Bertz CT molecular complexity index is 296. The number of nitrogens with one attached hydrogen (secondary N) is 2. The Kier molecular flexibility index (Phi) is 4.88. The number of rotatable bonds is 4. The maximum Gasteiger partial charge on any atom is 0.226 e. The number of carbonyl (C=O) groups excluding carboxylic acids is 1. The topological polar surface area (TPSA) is 41.1 Å². The zero-order chi connectivity index (χ0) is 13.8. The molecule has 0 aromatic rings. The zero-order valence-corrected chi connectivity index (χ0v) is 12.7. The van der Waals surface area contributed by atoms with Gasteiger partial charge >= 0.3 is 0 Å². The first-order valence-electron chi connectivity index (χ1n) is 8.14. The van der Waals surface area contributed by atoms with E-state index in [1.54, 1.807) is 0 Å². The van der Waals surface area contributed by atoms with E-state index < -0.39 is 0 Å². The summed E-state index contributed by atoms with van der Waals surface area (Å²) in [6.45, 7) is 6.42. The quantitative estimate of drug-likeness (QED) is 0.821. The maximum atomic E-state index is 12.8. The number of piperidine rings is 1. The van der Waals surface area contributed by atoms with Crippen LogP contribution in [0, 0.1) is 5.41 Å². The van der Waals surface area contributed by atoms with Crippen molar-refractivity contribution in [3.63, 3.8) is 0 Å². The molecule has 3 nitrogen and oxygen atoms in total. The predicted molar refractivity (Wildman–Crippen MR) is 79.1 cm³/mol. The standard InChI is InChI=1S/C16H30N2O/c1-3-7-16(10-12-17-13-11-16)14(19)18-15(2)8-5-4-6-9-15/h17H,3-13H2,1-2H3,(H,18,19). The first kappa shape index (κ1) is 14.8. The molecule has 2 N–H and O–H groups in total. The summed E-state index contributed by atoms with van der Waals surface area (Å²) in [5, 5.41) is 6.81. The summed E-state index contributed by atoms with van der Waals surface area (Å²) >= 11 is 0. The van der Waals surface area contributed by atoms with Gasteiger partial charge in [0.1, 0.15) is 0 Å². The van der Waals surface area contributed by atoms with Crippen LogP contribution >= 0.6 is 0 Å². The maximum absolute atomic E-state index is 12.8. The van der Waals surface area contributed by atoms with Gasteiger partial charge in [0.25, 0.3) is 0 Å².